The average Bonchev–Trinajstić information content (AvgIpc) is 2.41. The third-order valence-electron chi connectivity index (χ3n) is 2.37. The van der Waals surface area contributed by atoms with Crippen molar-refractivity contribution >= 4 is 0 Å². The molecule has 0 aromatic heterocycles. The SMILES string of the molecule is CC(N)Cc1ccc2c(c1)OCCCO2. The molecule has 1 heterocycles. The van der Waals surface area contributed by atoms with Gasteiger partial charge in [0.25, 0.3) is 0 Å². The highest BCUT2D eigenvalue weighted by molar-refractivity contribution is 5.43. The van der Waals surface area contributed by atoms with E-state index in [1.165, 1.54) is 5.56 Å². The summed E-state index contributed by atoms with van der Waals surface area (Å²) in [6, 6.07) is 6.23. The monoisotopic (exact) mass is 207 g/mol. The van der Waals surface area contributed by atoms with E-state index in [9.17, 15) is 0 Å². The number of rotatable bonds is 2. The lowest BCUT2D eigenvalue weighted by atomic mass is 10.1. The van der Waals surface area contributed by atoms with Crippen LogP contribution in [-0.2, 0) is 6.42 Å². The van der Waals surface area contributed by atoms with E-state index in [0.29, 0.717) is 0 Å². The second-order valence-corrected chi connectivity index (χ2v) is 4.01. The van der Waals surface area contributed by atoms with Crippen LogP contribution in [0.25, 0.3) is 0 Å². The van der Waals surface area contributed by atoms with E-state index in [0.717, 1.165) is 37.6 Å². The number of fused-ring (bicyclic) bond motifs is 1. The van der Waals surface area contributed by atoms with Gasteiger partial charge in [-0.3, -0.25) is 0 Å². The molecule has 0 saturated heterocycles. The van der Waals surface area contributed by atoms with Gasteiger partial charge in [-0.2, -0.15) is 0 Å². The van der Waals surface area contributed by atoms with Gasteiger partial charge in [0.15, 0.2) is 11.5 Å². The van der Waals surface area contributed by atoms with Crippen LogP contribution in [0, 0.1) is 0 Å². The van der Waals surface area contributed by atoms with Crippen LogP contribution in [0.4, 0.5) is 0 Å². The van der Waals surface area contributed by atoms with Crippen molar-refractivity contribution in [3.8, 4) is 11.5 Å². The van der Waals surface area contributed by atoms with E-state index in [1.54, 1.807) is 0 Å². The minimum Gasteiger partial charge on any atom is -0.490 e. The summed E-state index contributed by atoms with van der Waals surface area (Å²) in [7, 11) is 0. The van der Waals surface area contributed by atoms with Crippen LogP contribution in [0.5, 0.6) is 11.5 Å². The summed E-state index contributed by atoms with van der Waals surface area (Å²) in [6.45, 7) is 3.47. The Kier molecular flexibility index (Phi) is 3.11. The maximum atomic E-state index is 5.76. The molecule has 3 nitrogen and oxygen atoms in total. The molecule has 82 valence electrons. The lowest BCUT2D eigenvalue weighted by Crippen LogP contribution is -2.17. The highest BCUT2D eigenvalue weighted by Crippen LogP contribution is 2.30. The summed E-state index contributed by atoms with van der Waals surface area (Å²) in [4.78, 5) is 0. The van der Waals surface area contributed by atoms with Gasteiger partial charge in [-0.25, -0.2) is 0 Å². The fraction of sp³-hybridized carbons (Fsp3) is 0.500. The van der Waals surface area contributed by atoms with Gasteiger partial charge in [-0.15, -0.1) is 0 Å². The summed E-state index contributed by atoms with van der Waals surface area (Å²) in [5.74, 6) is 1.70. The summed E-state index contributed by atoms with van der Waals surface area (Å²) in [6.07, 6.45) is 1.81. The van der Waals surface area contributed by atoms with Gasteiger partial charge in [0, 0.05) is 12.5 Å². The molecule has 1 unspecified atom stereocenters. The first-order valence-electron chi connectivity index (χ1n) is 5.40. The van der Waals surface area contributed by atoms with Crippen molar-refractivity contribution in [2.24, 2.45) is 5.73 Å². The Morgan fingerprint density at radius 3 is 2.73 bits per heavy atom. The number of nitrogens with two attached hydrogens (primary N) is 1. The molecular formula is C12H17NO2. The second-order valence-electron chi connectivity index (χ2n) is 4.01. The quantitative estimate of drug-likeness (QED) is 0.803. The molecule has 0 aliphatic carbocycles. The van der Waals surface area contributed by atoms with Crippen molar-refractivity contribution in [1.82, 2.24) is 0 Å². The van der Waals surface area contributed by atoms with Gasteiger partial charge >= 0.3 is 0 Å². The minimum atomic E-state index is 0.176. The van der Waals surface area contributed by atoms with Gasteiger partial charge in [0.2, 0.25) is 0 Å². The molecule has 1 aromatic carbocycles. The molecule has 0 fully saturated rings. The van der Waals surface area contributed by atoms with Gasteiger partial charge < -0.3 is 15.2 Å². The third-order valence-corrected chi connectivity index (χ3v) is 2.37. The zero-order valence-electron chi connectivity index (χ0n) is 9.03. The first kappa shape index (κ1) is 10.3. The van der Waals surface area contributed by atoms with E-state index < -0.39 is 0 Å². The van der Waals surface area contributed by atoms with Crippen LogP contribution in [0.15, 0.2) is 18.2 Å². The van der Waals surface area contributed by atoms with Crippen LogP contribution >= 0.6 is 0 Å². The highest BCUT2D eigenvalue weighted by Gasteiger charge is 2.10. The average molecular weight is 207 g/mol. The first-order chi connectivity index (χ1) is 7.25. The second kappa shape index (κ2) is 4.53. The summed E-state index contributed by atoms with van der Waals surface area (Å²) < 4.78 is 11.2. The van der Waals surface area contributed by atoms with E-state index in [2.05, 4.69) is 6.07 Å². The summed E-state index contributed by atoms with van der Waals surface area (Å²) in [5, 5.41) is 0. The lowest BCUT2D eigenvalue weighted by molar-refractivity contribution is 0.297. The van der Waals surface area contributed by atoms with Gasteiger partial charge in [0.05, 0.1) is 13.2 Å². The topological polar surface area (TPSA) is 44.5 Å². The zero-order chi connectivity index (χ0) is 10.7. The predicted molar refractivity (Wildman–Crippen MR) is 59.4 cm³/mol. The van der Waals surface area contributed by atoms with Gasteiger partial charge in [0.1, 0.15) is 0 Å². The van der Waals surface area contributed by atoms with Gasteiger partial charge in [-0.05, 0) is 31.0 Å². The predicted octanol–water partition coefficient (Wildman–Crippen LogP) is 1.74. The number of hydrogen-bond acceptors (Lipinski definition) is 3. The Balaban J connectivity index is 2.20. The number of benzene rings is 1. The molecule has 2 N–H and O–H groups in total. The minimum absolute atomic E-state index is 0.176. The van der Waals surface area contributed by atoms with Crippen molar-refractivity contribution in [3.63, 3.8) is 0 Å². The largest absolute Gasteiger partial charge is 0.490 e. The van der Waals surface area contributed by atoms with Crippen LogP contribution in [0.3, 0.4) is 0 Å². The summed E-state index contributed by atoms with van der Waals surface area (Å²) >= 11 is 0. The van der Waals surface area contributed by atoms with Crippen LogP contribution in [0.1, 0.15) is 18.9 Å². The Hall–Kier alpha value is -1.22. The molecule has 15 heavy (non-hydrogen) atoms. The molecule has 2 rings (SSSR count). The van der Waals surface area contributed by atoms with Crippen LogP contribution < -0.4 is 15.2 Å². The normalized spacial score (nSPS) is 16.9. The Bertz CT molecular complexity index is 336. The summed E-state index contributed by atoms with van der Waals surface area (Å²) in [5.41, 5.74) is 6.96. The molecule has 1 atom stereocenters. The fourth-order valence-electron chi connectivity index (χ4n) is 1.71. The maximum absolute atomic E-state index is 5.76. The van der Waals surface area contributed by atoms with E-state index in [1.807, 2.05) is 19.1 Å². The molecule has 0 radical (unpaired) electrons. The standard InChI is InChI=1S/C12H17NO2/c1-9(13)7-10-3-4-11-12(8-10)15-6-2-5-14-11/h3-4,8-9H,2,5-7,13H2,1H3. The molecule has 0 bridgehead atoms. The lowest BCUT2D eigenvalue weighted by Gasteiger charge is -2.10. The van der Waals surface area contributed by atoms with Crippen molar-refractivity contribution < 1.29 is 9.47 Å². The van der Waals surface area contributed by atoms with Gasteiger partial charge in [-0.1, -0.05) is 6.07 Å². The number of hydrogen-bond donors (Lipinski definition) is 1. The zero-order valence-corrected chi connectivity index (χ0v) is 9.03. The van der Waals surface area contributed by atoms with Crippen LogP contribution in [-0.4, -0.2) is 19.3 Å². The molecule has 1 aliphatic heterocycles. The van der Waals surface area contributed by atoms with Crippen molar-refractivity contribution in [2.75, 3.05) is 13.2 Å². The van der Waals surface area contributed by atoms with E-state index >= 15 is 0 Å². The van der Waals surface area contributed by atoms with E-state index in [4.69, 9.17) is 15.2 Å². The fourth-order valence-corrected chi connectivity index (χ4v) is 1.71. The van der Waals surface area contributed by atoms with Crippen LogP contribution in [0.2, 0.25) is 0 Å². The highest BCUT2D eigenvalue weighted by atomic mass is 16.5. The molecule has 0 saturated carbocycles. The smallest absolute Gasteiger partial charge is 0.161 e. The molecule has 1 aliphatic rings. The van der Waals surface area contributed by atoms with Crippen molar-refractivity contribution in [1.29, 1.82) is 0 Å². The van der Waals surface area contributed by atoms with Crippen molar-refractivity contribution in [3.05, 3.63) is 23.8 Å². The molecule has 3 heteroatoms. The first-order valence-corrected chi connectivity index (χ1v) is 5.40. The Labute approximate surface area is 90.2 Å². The molecule has 1 aromatic rings. The van der Waals surface area contributed by atoms with Crippen molar-refractivity contribution in [2.45, 2.75) is 25.8 Å². The van der Waals surface area contributed by atoms with E-state index in [-0.39, 0.29) is 6.04 Å². The third kappa shape index (κ3) is 2.63. The number of ether oxygens (including phenoxy) is 2. The molecular weight excluding hydrogens is 190 g/mol. The maximum Gasteiger partial charge on any atom is 0.161 e. The molecule has 0 spiro atoms. The Morgan fingerprint density at radius 1 is 1.27 bits per heavy atom. The Morgan fingerprint density at radius 2 is 2.00 bits per heavy atom. The molecule has 0 amide bonds.